The molecule has 1 N–H and O–H groups in total. The zero-order valence-electron chi connectivity index (χ0n) is 13.2. The van der Waals surface area contributed by atoms with Crippen LogP contribution in [-0.2, 0) is 9.53 Å². The number of benzene rings is 1. The number of rotatable bonds is 2. The molecule has 24 heavy (non-hydrogen) atoms. The number of likely N-dealkylation sites (tertiary alicyclic amines) is 1. The number of hydrogen-bond donors (Lipinski definition) is 1. The summed E-state index contributed by atoms with van der Waals surface area (Å²) in [6.45, 7) is 1.44. The van der Waals surface area contributed by atoms with E-state index in [4.69, 9.17) is 27.9 Å². The van der Waals surface area contributed by atoms with Gasteiger partial charge in [0.25, 0.3) is 5.91 Å². The third kappa shape index (κ3) is 3.11. The molecule has 6 nitrogen and oxygen atoms in total. The number of carboxylic acid groups (broad SMARTS) is 1. The number of piperidine rings is 1. The second kappa shape index (κ2) is 6.52. The summed E-state index contributed by atoms with van der Waals surface area (Å²) >= 11 is 12.0. The van der Waals surface area contributed by atoms with E-state index in [1.54, 1.807) is 0 Å². The van der Waals surface area contributed by atoms with Crippen molar-refractivity contribution >= 4 is 35.1 Å². The van der Waals surface area contributed by atoms with Gasteiger partial charge in [0.2, 0.25) is 0 Å². The van der Waals surface area contributed by atoms with Crippen molar-refractivity contribution in [3.8, 4) is 0 Å². The second-order valence-electron chi connectivity index (χ2n) is 6.25. The van der Waals surface area contributed by atoms with Crippen molar-refractivity contribution in [2.24, 2.45) is 0 Å². The summed E-state index contributed by atoms with van der Waals surface area (Å²) < 4.78 is 5.85. The SMILES string of the molecule is CN1CCC2(CC1)OC[C@H](C(=O)O)N2C(=O)c1cc(Cl)cc(Cl)c1. The molecule has 1 spiro atoms. The number of halogens is 2. The zero-order chi connectivity index (χ0) is 17.5. The second-order valence-corrected chi connectivity index (χ2v) is 7.12. The molecule has 2 heterocycles. The van der Waals surface area contributed by atoms with Gasteiger partial charge in [-0.3, -0.25) is 9.69 Å². The van der Waals surface area contributed by atoms with E-state index in [0.717, 1.165) is 13.1 Å². The maximum absolute atomic E-state index is 13.1. The van der Waals surface area contributed by atoms with Gasteiger partial charge in [-0.15, -0.1) is 0 Å². The lowest BCUT2D eigenvalue weighted by molar-refractivity contribution is -0.143. The van der Waals surface area contributed by atoms with E-state index in [2.05, 4.69) is 4.90 Å². The van der Waals surface area contributed by atoms with Crippen LogP contribution in [-0.4, -0.2) is 65.3 Å². The first-order valence-electron chi connectivity index (χ1n) is 7.67. The molecular weight excluding hydrogens is 355 g/mol. The van der Waals surface area contributed by atoms with Gasteiger partial charge in [-0.2, -0.15) is 0 Å². The van der Waals surface area contributed by atoms with Gasteiger partial charge in [0, 0.05) is 41.5 Å². The number of carbonyl (C=O) groups excluding carboxylic acids is 1. The molecule has 1 aromatic carbocycles. The normalized spacial score (nSPS) is 23.6. The Morgan fingerprint density at radius 1 is 1.21 bits per heavy atom. The Kier molecular flexibility index (Phi) is 4.75. The lowest BCUT2D eigenvalue weighted by Crippen LogP contribution is -2.57. The van der Waals surface area contributed by atoms with E-state index in [1.807, 2.05) is 7.05 Å². The van der Waals surface area contributed by atoms with Crippen LogP contribution in [0.4, 0.5) is 0 Å². The number of ether oxygens (including phenoxy) is 1. The lowest BCUT2D eigenvalue weighted by Gasteiger charge is -2.43. The van der Waals surface area contributed by atoms with E-state index in [9.17, 15) is 14.7 Å². The maximum Gasteiger partial charge on any atom is 0.328 e. The number of hydrogen-bond acceptors (Lipinski definition) is 4. The van der Waals surface area contributed by atoms with Crippen LogP contribution in [0.3, 0.4) is 0 Å². The summed E-state index contributed by atoms with van der Waals surface area (Å²) in [5, 5.41) is 10.2. The first-order valence-corrected chi connectivity index (χ1v) is 8.43. The minimum Gasteiger partial charge on any atom is -0.480 e. The fraction of sp³-hybridized carbons (Fsp3) is 0.500. The van der Waals surface area contributed by atoms with E-state index in [1.165, 1.54) is 23.1 Å². The molecule has 0 aliphatic carbocycles. The van der Waals surface area contributed by atoms with Gasteiger partial charge in [-0.25, -0.2) is 4.79 Å². The molecule has 3 rings (SSSR count). The van der Waals surface area contributed by atoms with Gasteiger partial charge in [0.15, 0.2) is 6.04 Å². The van der Waals surface area contributed by atoms with Crippen LogP contribution in [0, 0.1) is 0 Å². The van der Waals surface area contributed by atoms with Crippen molar-refractivity contribution in [1.82, 2.24) is 9.80 Å². The summed E-state index contributed by atoms with van der Waals surface area (Å²) in [7, 11) is 1.99. The van der Waals surface area contributed by atoms with Crippen molar-refractivity contribution in [1.29, 1.82) is 0 Å². The Balaban J connectivity index is 1.98. The molecule has 0 bridgehead atoms. The molecule has 1 aromatic rings. The first kappa shape index (κ1) is 17.5. The Labute approximate surface area is 149 Å². The fourth-order valence-corrected chi connectivity index (χ4v) is 3.87. The molecule has 1 amide bonds. The lowest BCUT2D eigenvalue weighted by atomic mass is 9.97. The topological polar surface area (TPSA) is 70.1 Å². The standard InChI is InChI=1S/C16H18Cl2N2O4/c1-19-4-2-16(3-5-19)20(13(9-24-16)15(22)23)14(21)10-6-11(17)8-12(18)7-10/h6-8,13H,2-5,9H2,1H3,(H,22,23)/t13-/m1/s1. The highest BCUT2D eigenvalue weighted by atomic mass is 35.5. The Morgan fingerprint density at radius 3 is 2.33 bits per heavy atom. The number of carboxylic acids is 1. The van der Waals surface area contributed by atoms with Crippen LogP contribution in [0.25, 0.3) is 0 Å². The average Bonchev–Trinajstić information content (AvgIpc) is 2.88. The molecule has 130 valence electrons. The summed E-state index contributed by atoms with van der Waals surface area (Å²) in [6.07, 6.45) is 1.13. The van der Waals surface area contributed by atoms with Gasteiger partial charge in [-0.1, -0.05) is 23.2 Å². The fourth-order valence-electron chi connectivity index (χ4n) is 3.34. The molecule has 2 saturated heterocycles. The van der Waals surface area contributed by atoms with E-state index in [-0.39, 0.29) is 12.2 Å². The van der Waals surface area contributed by atoms with Gasteiger partial charge < -0.3 is 14.7 Å². The predicted octanol–water partition coefficient (Wildman–Crippen LogP) is 2.34. The van der Waals surface area contributed by atoms with Gasteiger partial charge in [0.1, 0.15) is 5.72 Å². The Bertz CT molecular complexity index is 654. The molecule has 0 radical (unpaired) electrons. The smallest absolute Gasteiger partial charge is 0.328 e. The van der Waals surface area contributed by atoms with E-state index in [0.29, 0.717) is 22.9 Å². The van der Waals surface area contributed by atoms with Gasteiger partial charge >= 0.3 is 5.97 Å². The molecule has 0 aromatic heterocycles. The van der Waals surface area contributed by atoms with Crippen LogP contribution < -0.4 is 0 Å². The Morgan fingerprint density at radius 2 is 1.79 bits per heavy atom. The number of nitrogens with zero attached hydrogens (tertiary/aromatic N) is 2. The van der Waals surface area contributed by atoms with E-state index >= 15 is 0 Å². The molecule has 2 aliphatic rings. The average molecular weight is 373 g/mol. The predicted molar refractivity (Wildman–Crippen MR) is 89.5 cm³/mol. The van der Waals surface area contributed by atoms with Crippen molar-refractivity contribution < 1.29 is 19.4 Å². The number of amides is 1. The van der Waals surface area contributed by atoms with Gasteiger partial charge in [-0.05, 0) is 25.2 Å². The first-order chi connectivity index (χ1) is 11.3. The van der Waals surface area contributed by atoms with Crippen molar-refractivity contribution in [3.63, 3.8) is 0 Å². The van der Waals surface area contributed by atoms with Crippen molar-refractivity contribution in [2.45, 2.75) is 24.6 Å². The highest BCUT2D eigenvalue weighted by Gasteiger charge is 2.53. The molecular formula is C16H18Cl2N2O4. The molecule has 0 saturated carbocycles. The third-order valence-corrected chi connectivity index (χ3v) is 5.08. The highest BCUT2D eigenvalue weighted by Crippen LogP contribution is 2.38. The molecule has 2 aliphatic heterocycles. The third-order valence-electron chi connectivity index (χ3n) is 4.64. The summed E-state index contributed by atoms with van der Waals surface area (Å²) in [4.78, 5) is 28.2. The highest BCUT2D eigenvalue weighted by molar-refractivity contribution is 6.35. The van der Waals surface area contributed by atoms with Crippen LogP contribution >= 0.6 is 23.2 Å². The number of carbonyl (C=O) groups is 2. The van der Waals surface area contributed by atoms with Crippen LogP contribution in [0.2, 0.25) is 10.0 Å². The quantitative estimate of drug-likeness (QED) is 0.862. The van der Waals surface area contributed by atoms with Crippen LogP contribution in [0.15, 0.2) is 18.2 Å². The maximum atomic E-state index is 13.1. The summed E-state index contributed by atoms with van der Waals surface area (Å²) in [5.74, 6) is -1.50. The monoisotopic (exact) mass is 372 g/mol. The number of aliphatic carboxylic acids is 1. The van der Waals surface area contributed by atoms with Gasteiger partial charge in [0.05, 0.1) is 6.61 Å². The van der Waals surface area contributed by atoms with Crippen molar-refractivity contribution in [2.75, 3.05) is 26.7 Å². The Hall–Kier alpha value is -1.34. The van der Waals surface area contributed by atoms with Crippen LogP contribution in [0.1, 0.15) is 23.2 Å². The van der Waals surface area contributed by atoms with Crippen molar-refractivity contribution in [3.05, 3.63) is 33.8 Å². The largest absolute Gasteiger partial charge is 0.480 e. The zero-order valence-corrected chi connectivity index (χ0v) is 14.7. The molecule has 1 atom stereocenters. The summed E-state index contributed by atoms with van der Waals surface area (Å²) in [5.41, 5.74) is -0.621. The van der Waals surface area contributed by atoms with E-state index < -0.39 is 23.6 Å². The van der Waals surface area contributed by atoms with Crippen LogP contribution in [0.5, 0.6) is 0 Å². The molecule has 0 unspecified atom stereocenters. The molecule has 2 fully saturated rings. The minimum absolute atomic E-state index is 0.0148. The molecule has 8 heteroatoms. The minimum atomic E-state index is -1.08. The summed E-state index contributed by atoms with van der Waals surface area (Å²) in [6, 6.07) is 3.50.